The van der Waals surface area contributed by atoms with E-state index in [0.717, 1.165) is 0 Å². The number of ether oxygens (including phenoxy) is 3. The van der Waals surface area contributed by atoms with Gasteiger partial charge in [0.2, 0.25) is 0 Å². The number of carboxylic acids is 1. The fourth-order valence-electron chi connectivity index (χ4n) is 1.28. The minimum absolute atomic E-state index is 0.0367. The Labute approximate surface area is 104 Å². The molecule has 6 nitrogen and oxygen atoms in total. The van der Waals surface area contributed by atoms with Crippen molar-refractivity contribution >= 4 is 11.9 Å². The SMILES string of the molecule is COCCOc1cc(C(=O)O)cc(C(=O)OC)c1. The largest absolute Gasteiger partial charge is 0.491 e. The molecule has 0 amide bonds. The third-order valence-corrected chi connectivity index (χ3v) is 2.13. The average Bonchev–Trinajstić information content (AvgIpc) is 2.37. The number of benzene rings is 1. The van der Waals surface area contributed by atoms with Crippen molar-refractivity contribution in [3.8, 4) is 5.75 Å². The molecule has 0 saturated carbocycles. The van der Waals surface area contributed by atoms with E-state index in [4.69, 9.17) is 14.6 Å². The minimum Gasteiger partial charge on any atom is -0.491 e. The van der Waals surface area contributed by atoms with Crippen molar-refractivity contribution in [3.63, 3.8) is 0 Å². The first kappa shape index (κ1) is 14.0. The maximum atomic E-state index is 11.4. The monoisotopic (exact) mass is 254 g/mol. The molecule has 98 valence electrons. The summed E-state index contributed by atoms with van der Waals surface area (Å²) in [5.74, 6) is -1.47. The number of hydrogen-bond acceptors (Lipinski definition) is 5. The molecule has 0 atom stereocenters. The van der Waals surface area contributed by atoms with Crippen LogP contribution in [-0.2, 0) is 9.47 Å². The van der Waals surface area contributed by atoms with E-state index in [2.05, 4.69) is 4.74 Å². The molecule has 1 aromatic carbocycles. The van der Waals surface area contributed by atoms with Crippen LogP contribution in [0.4, 0.5) is 0 Å². The highest BCUT2D eigenvalue weighted by Gasteiger charge is 2.13. The zero-order chi connectivity index (χ0) is 13.5. The van der Waals surface area contributed by atoms with Crippen LogP contribution in [-0.4, -0.2) is 44.5 Å². The van der Waals surface area contributed by atoms with E-state index in [-0.39, 0.29) is 23.5 Å². The van der Waals surface area contributed by atoms with E-state index in [1.807, 2.05) is 0 Å². The summed E-state index contributed by atoms with van der Waals surface area (Å²) in [6.45, 7) is 0.630. The van der Waals surface area contributed by atoms with Gasteiger partial charge in [0.15, 0.2) is 0 Å². The number of rotatable bonds is 6. The Kier molecular flexibility index (Phi) is 5.13. The van der Waals surface area contributed by atoms with Crippen LogP contribution in [0.25, 0.3) is 0 Å². The number of carbonyl (C=O) groups is 2. The maximum Gasteiger partial charge on any atom is 0.338 e. The molecule has 1 N–H and O–H groups in total. The topological polar surface area (TPSA) is 82.1 Å². The molecule has 0 unspecified atom stereocenters. The number of carboxylic acid groups (broad SMARTS) is 1. The Morgan fingerprint density at radius 2 is 1.78 bits per heavy atom. The molecule has 1 aromatic rings. The van der Waals surface area contributed by atoms with Gasteiger partial charge in [-0.15, -0.1) is 0 Å². The Morgan fingerprint density at radius 1 is 1.11 bits per heavy atom. The molecule has 0 aliphatic carbocycles. The van der Waals surface area contributed by atoms with Gasteiger partial charge in [-0.1, -0.05) is 0 Å². The lowest BCUT2D eigenvalue weighted by Crippen LogP contribution is -2.08. The summed E-state index contributed by atoms with van der Waals surface area (Å²) in [5, 5.41) is 8.93. The summed E-state index contributed by atoms with van der Waals surface area (Å²) in [7, 11) is 2.75. The molecule has 0 saturated heterocycles. The number of aromatic carboxylic acids is 1. The van der Waals surface area contributed by atoms with Crippen molar-refractivity contribution in [2.75, 3.05) is 27.4 Å². The molecule has 0 fully saturated rings. The summed E-state index contributed by atoms with van der Waals surface area (Å²) in [6.07, 6.45) is 0. The Hall–Kier alpha value is -2.08. The number of esters is 1. The minimum atomic E-state index is -1.14. The van der Waals surface area contributed by atoms with Gasteiger partial charge >= 0.3 is 11.9 Å². The quantitative estimate of drug-likeness (QED) is 0.606. The third kappa shape index (κ3) is 3.74. The van der Waals surface area contributed by atoms with Crippen molar-refractivity contribution in [2.24, 2.45) is 0 Å². The molecule has 1 rings (SSSR count). The standard InChI is InChI=1S/C12H14O6/c1-16-3-4-18-10-6-8(11(13)14)5-9(7-10)12(15)17-2/h5-7H,3-4H2,1-2H3,(H,13,14). The van der Waals surface area contributed by atoms with Crippen LogP contribution < -0.4 is 4.74 Å². The first-order chi connectivity index (χ1) is 8.58. The van der Waals surface area contributed by atoms with E-state index in [9.17, 15) is 9.59 Å². The van der Waals surface area contributed by atoms with Crippen LogP contribution in [0.2, 0.25) is 0 Å². The molecule has 0 aliphatic heterocycles. The molecule has 0 aromatic heterocycles. The van der Waals surface area contributed by atoms with Gasteiger partial charge < -0.3 is 19.3 Å². The fourth-order valence-corrected chi connectivity index (χ4v) is 1.28. The second-order valence-corrected chi connectivity index (χ2v) is 3.38. The molecule has 6 heteroatoms. The predicted octanol–water partition coefficient (Wildman–Crippen LogP) is 1.20. The van der Waals surface area contributed by atoms with Crippen molar-refractivity contribution in [1.29, 1.82) is 0 Å². The molecular formula is C12H14O6. The van der Waals surface area contributed by atoms with E-state index >= 15 is 0 Å². The van der Waals surface area contributed by atoms with E-state index < -0.39 is 11.9 Å². The van der Waals surface area contributed by atoms with Crippen LogP contribution >= 0.6 is 0 Å². The van der Waals surface area contributed by atoms with Crippen molar-refractivity contribution < 1.29 is 28.9 Å². The molecule has 0 bridgehead atoms. The summed E-state index contributed by atoms with van der Waals surface area (Å²) in [4.78, 5) is 22.3. The zero-order valence-electron chi connectivity index (χ0n) is 10.1. The summed E-state index contributed by atoms with van der Waals surface area (Å²) in [6, 6.07) is 4.00. The number of carbonyl (C=O) groups excluding carboxylic acids is 1. The first-order valence-corrected chi connectivity index (χ1v) is 5.17. The van der Waals surface area contributed by atoms with Gasteiger partial charge in [0.1, 0.15) is 12.4 Å². The van der Waals surface area contributed by atoms with Crippen LogP contribution in [0.15, 0.2) is 18.2 Å². The molecule has 0 radical (unpaired) electrons. The number of hydrogen-bond donors (Lipinski definition) is 1. The average molecular weight is 254 g/mol. The van der Waals surface area contributed by atoms with Crippen molar-refractivity contribution in [3.05, 3.63) is 29.3 Å². The van der Waals surface area contributed by atoms with E-state index in [1.165, 1.54) is 32.4 Å². The molecular weight excluding hydrogens is 240 g/mol. The van der Waals surface area contributed by atoms with Gasteiger partial charge in [-0.05, 0) is 18.2 Å². The van der Waals surface area contributed by atoms with Crippen molar-refractivity contribution in [2.45, 2.75) is 0 Å². The van der Waals surface area contributed by atoms with Gasteiger partial charge in [0.05, 0.1) is 24.8 Å². The van der Waals surface area contributed by atoms with E-state index in [1.54, 1.807) is 0 Å². The van der Waals surface area contributed by atoms with Crippen LogP contribution in [0.3, 0.4) is 0 Å². The number of methoxy groups -OCH3 is 2. The lowest BCUT2D eigenvalue weighted by molar-refractivity contribution is 0.0600. The second kappa shape index (κ2) is 6.61. The fraction of sp³-hybridized carbons (Fsp3) is 0.333. The molecule has 0 heterocycles. The van der Waals surface area contributed by atoms with Crippen molar-refractivity contribution in [1.82, 2.24) is 0 Å². The summed E-state index contributed by atoms with van der Waals surface area (Å²) in [5.41, 5.74) is 0.0927. The van der Waals surface area contributed by atoms with Crippen LogP contribution in [0, 0.1) is 0 Å². The second-order valence-electron chi connectivity index (χ2n) is 3.38. The van der Waals surface area contributed by atoms with E-state index in [0.29, 0.717) is 6.61 Å². The zero-order valence-corrected chi connectivity index (χ0v) is 10.1. The third-order valence-electron chi connectivity index (χ3n) is 2.13. The van der Waals surface area contributed by atoms with Gasteiger partial charge in [-0.25, -0.2) is 9.59 Å². The van der Waals surface area contributed by atoms with Crippen LogP contribution in [0.5, 0.6) is 5.75 Å². The Balaban J connectivity index is 2.98. The van der Waals surface area contributed by atoms with Gasteiger partial charge in [0.25, 0.3) is 0 Å². The van der Waals surface area contributed by atoms with Gasteiger partial charge in [-0.3, -0.25) is 0 Å². The van der Waals surface area contributed by atoms with Crippen LogP contribution in [0.1, 0.15) is 20.7 Å². The lowest BCUT2D eigenvalue weighted by Gasteiger charge is -2.08. The predicted molar refractivity (Wildman–Crippen MR) is 62.1 cm³/mol. The van der Waals surface area contributed by atoms with Gasteiger partial charge in [-0.2, -0.15) is 0 Å². The maximum absolute atomic E-state index is 11.4. The molecule has 0 aliphatic rings. The summed E-state index contributed by atoms with van der Waals surface area (Å²) >= 11 is 0. The highest BCUT2D eigenvalue weighted by atomic mass is 16.5. The Bertz CT molecular complexity index is 440. The highest BCUT2D eigenvalue weighted by Crippen LogP contribution is 2.18. The van der Waals surface area contributed by atoms with Gasteiger partial charge in [0, 0.05) is 7.11 Å². The normalized spacial score (nSPS) is 9.89. The molecule has 0 spiro atoms. The first-order valence-electron chi connectivity index (χ1n) is 5.17. The Morgan fingerprint density at radius 3 is 2.33 bits per heavy atom. The molecule has 18 heavy (non-hydrogen) atoms. The lowest BCUT2D eigenvalue weighted by atomic mass is 10.1. The smallest absolute Gasteiger partial charge is 0.338 e. The highest BCUT2D eigenvalue weighted by molar-refractivity contribution is 5.95. The summed E-state index contributed by atoms with van der Waals surface area (Å²) < 4.78 is 14.6.